The van der Waals surface area contributed by atoms with Gasteiger partial charge in [-0.25, -0.2) is 9.13 Å². The molecule has 0 aliphatic heterocycles. The van der Waals surface area contributed by atoms with Gasteiger partial charge in [-0.2, -0.15) is 0 Å². The number of ether oxygens (including phenoxy) is 4. The summed E-state index contributed by atoms with van der Waals surface area (Å²) in [4.78, 5) is 72.9. The molecule has 100 heavy (non-hydrogen) atoms. The topological polar surface area (TPSA) is 237 Å². The molecule has 0 heterocycles. The molecule has 580 valence electrons. The number of hydrogen-bond acceptors (Lipinski definition) is 15. The van der Waals surface area contributed by atoms with Crippen molar-refractivity contribution in [2.75, 3.05) is 39.6 Å². The molecule has 5 unspecified atom stereocenters. The standard InChI is InChI=1S/C81H144O17P2/c1-5-9-13-17-21-25-29-32-35-36-37-38-41-43-47-50-54-58-62-66-79(84)91-71-76(97-80(85)67-63-59-55-51-45-28-24-20-16-12-8-4)73-95-99(87,88)93-69-75(82)70-94-100(89,90)96-74-77(98-81(86)68-64-60-56-52-48-44-40-34-31-27-23-19-15-11-7-3)72-92-78(83)65-61-57-53-49-46-42-39-33-30-26-22-18-14-10-6-2/h10,14,21-22,25-26,32-35,37-40,75-77,82H,5-9,11-13,15-20,23-24,27-31,36,41-74H2,1-4H3,(H,87,88)(H,89,90)/b14-10-,25-21-,26-22-,35-32-,38-37-,39-33-,40-34-. The lowest BCUT2D eigenvalue weighted by molar-refractivity contribution is -0.161. The van der Waals surface area contributed by atoms with E-state index in [4.69, 9.17) is 37.0 Å². The molecule has 0 spiro atoms. The second-order valence-corrected chi connectivity index (χ2v) is 29.5. The first-order valence-electron chi connectivity index (χ1n) is 39.8. The molecule has 0 saturated heterocycles. The predicted molar refractivity (Wildman–Crippen MR) is 409 cm³/mol. The van der Waals surface area contributed by atoms with E-state index < -0.39 is 97.5 Å². The van der Waals surface area contributed by atoms with Crippen LogP contribution in [0.25, 0.3) is 0 Å². The van der Waals surface area contributed by atoms with E-state index in [1.54, 1.807) is 0 Å². The summed E-state index contributed by atoms with van der Waals surface area (Å²) >= 11 is 0. The molecule has 0 amide bonds. The molecule has 3 N–H and O–H groups in total. The summed E-state index contributed by atoms with van der Waals surface area (Å²) in [5, 5.41) is 10.6. The minimum atomic E-state index is -4.98. The van der Waals surface area contributed by atoms with Gasteiger partial charge in [0.25, 0.3) is 0 Å². The van der Waals surface area contributed by atoms with Crippen LogP contribution in [0.5, 0.6) is 0 Å². The minimum Gasteiger partial charge on any atom is -0.462 e. The normalized spacial score (nSPS) is 14.3. The smallest absolute Gasteiger partial charge is 0.462 e. The Morgan fingerprint density at radius 1 is 0.290 bits per heavy atom. The monoisotopic (exact) mass is 1450 g/mol. The molecule has 0 aliphatic rings. The fourth-order valence-electron chi connectivity index (χ4n) is 10.8. The highest BCUT2D eigenvalue weighted by atomic mass is 31.2. The number of unbranched alkanes of at least 4 members (excludes halogenated alkanes) is 35. The Balaban J connectivity index is 5.32. The third kappa shape index (κ3) is 72.6. The van der Waals surface area contributed by atoms with Crippen LogP contribution in [0.15, 0.2) is 85.1 Å². The second-order valence-electron chi connectivity index (χ2n) is 26.6. The highest BCUT2D eigenvalue weighted by Gasteiger charge is 2.30. The molecule has 0 radical (unpaired) electrons. The zero-order valence-corrected chi connectivity index (χ0v) is 65.2. The van der Waals surface area contributed by atoms with Crippen molar-refractivity contribution in [1.29, 1.82) is 0 Å². The summed E-state index contributed by atoms with van der Waals surface area (Å²) in [6.45, 7) is 4.73. The van der Waals surface area contributed by atoms with Gasteiger partial charge in [0.1, 0.15) is 19.3 Å². The summed E-state index contributed by atoms with van der Waals surface area (Å²) in [7, 11) is -9.95. The molecule has 19 heteroatoms. The van der Waals surface area contributed by atoms with Crippen molar-refractivity contribution >= 4 is 39.5 Å². The number of phosphoric ester groups is 2. The summed E-state index contributed by atoms with van der Waals surface area (Å²) in [5.74, 6) is -2.19. The van der Waals surface area contributed by atoms with Crippen LogP contribution in [-0.2, 0) is 65.4 Å². The van der Waals surface area contributed by atoms with Crippen molar-refractivity contribution in [2.24, 2.45) is 0 Å². The van der Waals surface area contributed by atoms with E-state index >= 15 is 0 Å². The molecule has 17 nitrogen and oxygen atoms in total. The van der Waals surface area contributed by atoms with Crippen LogP contribution in [0, 0.1) is 0 Å². The van der Waals surface area contributed by atoms with Crippen molar-refractivity contribution in [3.8, 4) is 0 Å². The van der Waals surface area contributed by atoms with Crippen molar-refractivity contribution in [3.05, 3.63) is 85.1 Å². The van der Waals surface area contributed by atoms with Gasteiger partial charge in [-0.15, -0.1) is 0 Å². The van der Waals surface area contributed by atoms with Gasteiger partial charge in [-0.1, -0.05) is 286 Å². The van der Waals surface area contributed by atoms with E-state index in [1.165, 1.54) is 96.3 Å². The highest BCUT2D eigenvalue weighted by Crippen LogP contribution is 2.45. The van der Waals surface area contributed by atoms with Gasteiger partial charge in [0, 0.05) is 25.7 Å². The van der Waals surface area contributed by atoms with Gasteiger partial charge >= 0.3 is 39.5 Å². The van der Waals surface area contributed by atoms with Crippen molar-refractivity contribution in [1.82, 2.24) is 0 Å². The van der Waals surface area contributed by atoms with Gasteiger partial charge < -0.3 is 33.8 Å². The third-order valence-electron chi connectivity index (χ3n) is 16.8. The van der Waals surface area contributed by atoms with Crippen LogP contribution < -0.4 is 0 Å². The molecule has 5 atom stereocenters. The van der Waals surface area contributed by atoms with E-state index in [0.717, 1.165) is 173 Å². The number of carbonyl (C=O) groups excluding carboxylic acids is 4. The maximum absolute atomic E-state index is 13.1. The molecular formula is C81H144O17P2. The Morgan fingerprint density at radius 2 is 0.520 bits per heavy atom. The zero-order chi connectivity index (χ0) is 73.2. The summed E-state index contributed by atoms with van der Waals surface area (Å²) in [6.07, 6.45) is 75.6. The fraction of sp³-hybridized carbons (Fsp3) is 0.778. The zero-order valence-electron chi connectivity index (χ0n) is 63.4. The molecular weight excluding hydrogens is 1310 g/mol. The summed E-state index contributed by atoms with van der Waals surface area (Å²) < 4.78 is 68.5. The number of carbonyl (C=O) groups is 4. The quantitative estimate of drug-likeness (QED) is 0.0169. The van der Waals surface area contributed by atoms with Crippen LogP contribution in [0.4, 0.5) is 0 Å². The van der Waals surface area contributed by atoms with Gasteiger partial charge in [-0.3, -0.25) is 37.3 Å². The predicted octanol–water partition coefficient (Wildman–Crippen LogP) is 23.0. The average Bonchev–Trinajstić information content (AvgIpc) is 0.966. The lowest BCUT2D eigenvalue weighted by Gasteiger charge is -2.21. The number of rotatable bonds is 75. The Bertz CT molecular complexity index is 2230. The fourth-order valence-corrected chi connectivity index (χ4v) is 12.3. The van der Waals surface area contributed by atoms with E-state index in [0.29, 0.717) is 25.7 Å². The molecule has 0 saturated carbocycles. The Morgan fingerprint density at radius 3 is 0.830 bits per heavy atom. The van der Waals surface area contributed by atoms with Crippen LogP contribution >= 0.6 is 15.6 Å². The van der Waals surface area contributed by atoms with Crippen molar-refractivity contribution in [3.63, 3.8) is 0 Å². The van der Waals surface area contributed by atoms with E-state index in [1.807, 2.05) is 0 Å². The first-order chi connectivity index (χ1) is 48.7. The van der Waals surface area contributed by atoms with Crippen LogP contribution in [0.1, 0.15) is 349 Å². The van der Waals surface area contributed by atoms with Crippen molar-refractivity contribution < 1.29 is 80.2 Å². The molecule has 0 aliphatic carbocycles. The third-order valence-corrected chi connectivity index (χ3v) is 18.7. The maximum Gasteiger partial charge on any atom is 0.472 e. The van der Waals surface area contributed by atoms with Crippen LogP contribution in [-0.4, -0.2) is 96.7 Å². The number of allylic oxidation sites excluding steroid dienone is 14. The summed E-state index contributed by atoms with van der Waals surface area (Å²) in [5.41, 5.74) is 0. The highest BCUT2D eigenvalue weighted by molar-refractivity contribution is 7.47. The number of esters is 4. The van der Waals surface area contributed by atoms with E-state index in [2.05, 4.69) is 113 Å². The largest absolute Gasteiger partial charge is 0.472 e. The van der Waals surface area contributed by atoms with Crippen molar-refractivity contribution in [2.45, 2.75) is 367 Å². The molecule has 0 aromatic carbocycles. The lowest BCUT2D eigenvalue weighted by Crippen LogP contribution is -2.30. The minimum absolute atomic E-state index is 0.0829. The SMILES string of the molecule is CC/C=C\C/C=C\C/C=C\CCCCCCCC(=O)OCC(COP(=O)(O)OCC(O)COP(=O)(O)OCC(COC(=O)CCCCCCCC/C=C\C/C=C\C/C=C\CCCCC)OC(=O)CCCCCCCCCCCCC)OC(=O)CCCCCCC/C=C\CCCCCCCC. The average molecular weight is 1450 g/mol. The van der Waals surface area contributed by atoms with Crippen LogP contribution in [0.3, 0.4) is 0 Å². The lowest BCUT2D eigenvalue weighted by atomic mass is 10.1. The van der Waals surface area contributed by atoms with Gasteiger partial charge in [0.05, 0.1) is 26.4 Å². The first-order valence-corrected chi connectivity index (χ1v) is 42.8. The summed E-state index contributed by atoms with van der Waals surface area (Å²) in [6, 6.07) is 0. The number of aliphatic hydroxyl groups is 1. The van der Waals surface area contributed by atoms with E-state index in [-0.39, 0.29) is 25.7 Å². The number of aliphatic hydroxyl groups excluding tert-OH is 1. The first kappa shape index (κ1) is 96.2. The van der Waals surface area contributed by atoms with Gasteiger partial charge in [0.2, 0.25) is 0 Å². The van der Waals surface area contributed by atoms with Crippen LogP contribution in [0.2, 0.25) is 0 Å². The Hall–Kier alpha value is -3.76. The van der Waals surface area contributed by atoms with Gasteiger partial charge in [-0.05, 0) is 122 Å². The van der Waals surface area contributed by atoms with E-state index in [9.17, 15) is 43.2 Å². The second kappa shape index (κ2) is 73.5. The molecule has 0 fully saturated rings. The Labute approximate surface area is 608 Å². The molecule has 0 bridgehead atoms. The van der Waals surface area contributed by atoms with Gasteiger partial charge in [0.15, 0.2) is 12.2 Å². The molecule has 0 rings (SSSR count). The number of hydrogen-bond donors (Lipinski definition) is 3. The molecule has 0 aromatic heterocycles. The number of phosphoric acid groups is 2. The Kier molecular flexibility index (Phi) is 70.8. The molecule has 0 aromatic rings. The maximum atomic E-state index is 13.1.